The molecule has 0 bridgehead atoms. The molecular formula is C22H22F5N7O2. The number of ether oxygens (including phenoxy) is 1. The summed E-state index contributed by atoms with van der Waals surface area (Å²) in [6.07, 6.45) is -4.28. The predicted molar refractivity (Wildman–Crippen MR) is 118 cm³/mol. The SMILES string of the molecule is Cc1cc(CNC(=O)Nc2cc(OCC(F)F)nc(C3CC3)c2)nnc1-c1cn(C)nc1C(F)(F)F. The molecule has 2 amide bonds. The van der Waals surface area contributed by atoms with Crippen LogP contribution >= 0.6 is 0 Å². The van der Waals surface area contributed by atoms with Crippen molar-refractivity contribution in [2.75, 3.05) is 11.9 Å². The Balaban J connectivity index is 1.42. The first-order valence-corrected chi connectivity index (χ1v) is 10.9. The van der Waals surface area contributed by atoms with Crippen molar-refractivity contribution in [3.8, 4) is 17.1 Å². The Morgan fingerprint density at radius 3 is 2.61 bits per heavy atom. The summed E-state index contributed by atoms with van der Waals surface area (Å²) in [5.74, 6) is 0.179. The molecule has 36 heavy (non-hydrogen) atoms. The van der Waals surface area contributed by atoms with E-state index in [0.717, 1.165) is 17.5 Å². The highest BCUT2D eigenvalue weighted by atomic mass is 19.4. The van der Waals surface area contributed by atoms with Crippen LogP contribution in [0.5, 0.6) is 5.88 Å². The normalized spacial score (nSPS) is 13.7. The maximum atomic E-state index is 13.3. The number of nitrogens with one attached hydrogen (secondary N) is 2. The second kappa shape index (κ2) is 10.0. The van der Waals surface area contributed by atoms with E-state index in [2.05, 4.69) is 30.9 Å². The first-order chi connectivity index (χ1) is 17.0. The number of nitrogens with zero attached hydrogens (tertiary/aromatic N) is 5. The zero-order valence-corrected chi connectivity index (χ0v) is 19.2. The highest BCUT2D eigenvalue weighted by Crippen LogP contribution is 2.40. The number of hydrogen-bond donors (Lipinski definition) is 2. The van der Waals surface area contributed by atoms with Crippen molar-refractivity contribution in [1.29, 1.82) is 0 Å². The van der Waals surface area contributed by atoms with Crippen molar-refractivity contribution in [3.05, 3.63) is 47.0 Å². The van der Waals surface area contributed by atoms with Crippen LogP contribution < -0.4 is 15.4 Å². The third kappa shape index (κ3) is 6.23. The van der Waals surface area contributed by atoms with Crippen LogP contribution in [-0.2, 0) is 19.8 Å². The molecule has 1 aliphatic rings. The Morgan fingerprint density at radius 1 is 1.22 bits per heavy atom. The van der Waals surface area contributed by atoms with E-state index in [9.17, 15) is 26.7 Å². The third-order valence-corrected chi connectivity index (χ3v) is 5.25. The summed E-state index contributed by atoms with van der Waals surface area (Å²) in [5.41, 5.74) is 0.478. The van der Waals surface area contributed by atoms with E-state index in [4.69, 9.17) is 4.74 Å². The Kier molecular flexibility index (Phi) is 7.04. The first kappa shape index (κ1) is 25.3. The number of halogens is 5. The number of aryl methyl sites for hydroxylation is 2. The smallest absolute Gasteiger partial charge is 0.435 e. The fourth-order valence-electron chi connectivity index (χ4n) is 3.52. The van der Waals surface area contributed by atoms with Crippen molar-refractivity contribution in [2.45, 2.75) is 44.8 Å². The number of amides is 2. The minimum atomic E-state index is -4.65. The monoisotopic (exact) mass is 511 g/mol. The molecule has 0 spiro atoms. The molecule has 1 saturated carbocycles. The van der Waals surface area contributed by atoms with Gasteiger partial charge in [0.25, 0.3) is 6.43 Å². The number of aromatic nitrogens is 5. The molecule has 0 saturated heterocycles. The van der Waals surface area contributed by atoms with Gasteiger partial charge in [0, 0.05) is 36.6 Å². The van der Waals surface area contributed by atoms with Crippen molar-refractivity contribution < 1.29 is 31.5 Å². The van der Waals surface area contributed by atoms with Gasteiger partial charge in [0.15, 0.2) is 12.3 Å². The minimum absolute atomic E-state index is 0.0132. The van der Waals surface area contributed by atoms with Crippen LogP contribution in [0, 0.1) is 6.92 Å². The van der Waals surface area contributed by atoms with Crippen LogP contribution in [0.25, 0.3) is 11.3 Å². The lowest BCUT2D eigenvalue weighted by atomic mass is 10.1. The zero-order valence-electron chi connectivity index (χ0n) is 19.2. The average Bonchev–Trinajstić information content (AvgIpc) is 3.57. The second-order valence-corrected chi connectivity index (χ2v) is 8.33. The standard InChI is InChI=1S/C22H22F5N7O2/c1-11-5-14(31-32-19(11)15-9-34(2)33-20(15)22(25,26)27)8-28-21(35)29-13-6-16(12-3-4-12)30-18(7-13)36-10-17(23)24/h5-7,9,12,17H,3-4,8,10H2,1-2H3,(H2,28,29,30,35). The van der Waals surface area contributed by atoms with E-state index in [1.54, 1.807) is 13.0 Å². The topological polar surface area (TPSA) is 107 Å². The maximum absolute atomic E-state index is 13.3. The summed E-state index contributed by atoms with van der Waals surface area (Å²) in [6.45, 7) is 0.705. The van der Waals surface area contributed by atoms with Crippen LogP contribution in [-0.4, -0.2) is 44.0 Å². The lowest BCUT2D eigenvalue weighted by Crippen LogP contribution is -2.28. The molecule has 0 unspecified atom stereocenters. The van der Waals surface area contributed by atoms with E-state index in [0.29, 0.717) is 22.6 Å². The zero-order chi connectivity index (χ0) is 26.0. The van der Waals surface area contributed by atoms with Crippen molar-refractivity contribution in [2.24, 2.45) is 7.05 Å². The maximum Gasteiger partial charge on any atom is 0.435 e. The fourth-order valence-corrected chi connectivity index (χ4v) is 3.52. The number of rotatable bonds is 8. The van der Waals surface area contributed by atoms with Crippen molar-refractivity contribution in [3.63, 3.8) is 0 Å². The molecule has 3 heterocycles. The number of alkyl halides is 5. The average molecular weight is 511 g/mol. The minimum Gasteiger partial charge on any atom is -0.472 e. The predicted octanol–water partition coefficient (Wildman–Crippen LogP) is 4.44. The molecular weight excluding hydrogens is 489 g/mol. The van der Waals surface area contributed by atoms with Crippen molar-refractivity contribution in [1.82, 2.24) is 30.3 Å². The number of carbonyl (C=O) groups is 1. The molecule has 14 heteroatoms. The third-order valence-electron chi connectivity index (χ3n) is 5.25. The first-order valence-electron chi connectivity index (χ1n) is 10.9. The molecule has 0 aromatic carbocycles. The Morgan fingerprint density at radius 2 is 1.97 bits per heavy atom. The number of hydrogen-bond acceptors (Lipinski definition) is 6. The van der Waals surface area contributed by atoms with Gasteiger partial charge in [-0.3, -0.25) is 4.68 Å². The molecule has 1 fully saturated rings. The van der Waals surface area contributed by atoms with Crippen LogP contribution in [0.4, 0.5) is 32.4 Å². The molecule has 1 aliphatic carbocycles. The fraction of sp³-hybridized carbons (Fsp3) is 0.409. The quantitative estimate of drug-likeness (QED) is 0.433. The molecule has 0 radical (unpaired) electrons. The Hall–Kier alpha value is -3.84. The molecule has 3 aromatic rings. The van der Waals surface area contributed by atoms with Crippen LogP contribution in [0.2, 0.25) is 0 Å². The molecule has 0 atom stereocenters. The highest BCUT2D eigenvalue weighted by Gasteiger charge is 2.38. The number of anilines is 1. The molecule has 3 aromatic heterocycles. The summed E-state index contributed by atoms with van der Waals surface area (Å²) in [5, 5.41) is 16.5. The van der Waals surface area contributed by atoms with Gasteiger partial charge in [-0.15, -0.1) is 5.10 Å². The molecule has 4 rings (SSSR count). The summed E-state index contributed by atoms with van der Waals surface area (Å²) in [7, 11) is 1.38. The summed E-state index contributed by atoms with van der Waals surface area (Å²) in [4.78, 5) is 16.6. The highest BCUT2D eigenvalue weighted by molar-refractivity contribution is 5.89. The van der Waals surface area contributed by atoms with Gasteiger partial charge in [-0.05, 0) is 37.5 Å². The molecule has 192 valence electrons. The van der Waals surface area contributed by atoms with E-state index in [-0.39, 0.29) is 29.6 Å². The van der Waals surface area contributed by atoms with Gasteiger partial charge in [0.2, 0.25) is 5.88 Å². The van der Waals surface area contributed by atoms with Gasteiger partial charge < -0.3 is 15.4 Å². The largest absolute Gasteiger partial charge is 0.472 e. The lowest BCUT2D eigenvalue weighted by molar-refractivity contribution is -0.141. The summed E-state index contributed by atoms with van der Waals surface area (Å²) >= 11 is 0. The van der Waals surface area contributed by atoms with Gasteiger partial charge in [0.1, 0.15) is 0 Å². The van der Waals surface area contributed by atoms with Crippen LogP contribution in [0.1, 0.15) is 41.4 Å². The van der Waals surface area contributed by atoms with Crippen LogP contribution in [0.15, 0.2) is 24.4 Å². The number of urea groups is 1. The number of pyridine rings is 1. The van der Waals surface area contributed by atoms with Gasteiger partial charge in [-0.2, -0.15) is 23.4 Å². The van der Waals surface area contributed by atoms with E-state index < -0.39 is 30.9 Å². The molecule has 9 nitrogen and oxygen atoms in total. The van der Waals surface area contributed by atoms with E-state index in [1.165, 1.54) is 25.4 Å². The van der Waals surface area contributed by atoms with Gasteiger partial charge >= 0.3 is 12.2 Å². The van der Waals surface area contributed by atoms with Crippen LogP contribution in [0.3, 0.4) is 0 Å². The summed E-state index contributed by atoms with van der Waals surface area (Å²) in [6, 6.07) is 3.90. The van der Waals surface area contributed by atoms with Gasteiger partial charge in [-0.1, -0.05) is 0 Å². The second-order valence-electron chi connectivity index (χ2n) is 8.33. The Bertz CT molecular complexity index is 1260. The van der Waals surface area contributed by atoms with Crippen molar-refractivity contribution >= 4 is 11.7 Å². The van der Waals surface area contributed by atoms with Gasteiger partial charge in [-0.25, -0.2) is 18.6 Å². The molecule has 0 aliphatic heterocycles. The lowest BCUT2D eigenvalue weighted by Gasteiger charge is -2.12. The van der Waals surface area contributed by atoms with E-state index >= 15 is 0 Å². The van der Waals surface area contributed by atoms with E-state index in [1.807, 2.05) is 0 Å². The van der Waals surface area contributed by atoms with Gasteiger partial charge in [0.05, 0.1) is 23.5 Å². The summed E-state index contributed by atoms with van der Waals surface area (Å²) < 4.78 is 70.9. The number of carbonyl (C=O) groups excluding carboxylic acids is 1. The molecule has 2 N–H and O–H groups in total. The Labute approximate surface area is 202 Å².